The Balaban J connectivity index is 3.23. The zero-order valence-electron chi connectivity index (χ0n) is 10.7. The first-order valence-corrected chi connectivity index (χ1v) is 5.93. The molecule has 0 atom stereocenters. The van der Waals surface area contributed by atoms with Gasteiger partial charge in [0.1, 0.15) is 0 Å². The molecule has 0 aromatic carbocycles. The average Bonchev–Trinajstić information content (AvgIpc) is 1.92. The first-order chi connectivity index (χ1) is 6.21. The monoisotopic (exact) mass is 200 g/mol. The molecule has 0 unspecified atom stereocenters. The van der Waals surface area contributed by atoms with Crippen molar-refractivity contribution < 1.29 is 5.11 Å². The molecule has 0 saturated carbocycles. The Bertz CT molecular complexity index is 118. The molecule has 86 valence electrons. The van der Waals surface area contributed by atoms with E-state index < -0.39 is 5.60 Å². The first kappa shape index (κ1) is 14.0. The van der Waals surface area contributed by atoms with Crippen molar-refractivity contribution in [2.24, 2.45) is 5.41 Å². The summed E-state index contributed by atoms with van der Waals surface area (Å²) in [5, 5.41) is 9.50. The van der Waals surface area contributed by atoms with Crippen LogP contribution in [0.3, 0.4) is 0 Å². The second-order valence-electron chi connectivity index (χ2n) is 6.29. The minimum Gasteiger partial charge on any atom is -0.390 e. The smallest absolute Gasteiger partial charge is 0.0591 e. The molecular formula is C13H28O. The van der Waals surface area contributed by atoms with Gasteiger partial charge < -0.3 is 5.11 Å². The maximum Gasteiger partial charge on any atom is 0.0591 e. The van der Waals surface area contributed by atoms with Gasteiger partial charge in [0.2, 0.25) is 0 Å². The summed E-state index contributed by atoms with van der Waals surface area (Å²) in [7, 11) is 0. The van der Waals surface area contributed by atoms with E-state index in [0.29, 0.717) is 5.41 Å². The number of aliphatic hydroxyl groups is 1. The van der Waals surface area contributed by atoms with Crippen LogP contribution in [0.2, 0.25) is 0 Å². The third-order valence-electron chi connectivity index (χ3n) is 2.47. The van der Waals surface area contributed by atoms with Gasteiger partial charge in [0.05, 0.1) is 5.60 Å². The normalized spacial score (nSPS) is 13.3. The van der Waals surface area contributed by atoms with Crippen molar-refractivity contribution in [1.82, 2.24) is 0 Å². The summed E-state index contributed by atoms with van der Waals surface area (Å²) >= 11 is 0. The van der Waals surface area contributed by atoms with Crippen LogP contribution in [0.4, 0.5) is 0 Å². The Labute approximate surface area is 89.9 Å². The fourth-order valence-electron chi connectivity index (χ4n) is 1.57. The van der Waals surface area contributed by atoms with E-state index in [-0.39, 0.29) is 0 Å². The summed E-state index contributed by atoms with van der Waals surface area (Å²) < 4.78 is 0. The predicted molar refractivity (Wildman–Crippen MR) is 63.5 cm³/mol. The van der Waals surface area contributed by atoms with Crippen LogP contribution in [0.25, 0.3) is 0 Å². The van der Waals surface area contributed by atoms with Gasteiger partial charge in [-0.05, 0) is 32.1 Å². The van der Waals surface area contributed by atoms with Crippen molar-refractivity contribution in [3.8, 4) is 0 Å². The summed E-state index contributed by atoms with van der Waals surface area (Å²) in [6, 6.07) is 0. The summed E-state index contributed by atoms with van der Waals surface area (Å²) in [6.45, 7) is 10.7. The molecule has 0 aliphatic heterocycles. The topological polar surface area (TPSA) is 20.2 Å². The summed E-state index contributed by atoms with van der Waals surface area (Å²) in [5.74, 6) is 0. The highest BCUT2D eigenvalue weighted by Crippen LogP contribution is 2.23. The van der Waals surface area contributed by atoms with E-state index in [0.717, 1.165) is 12.8 Å². The van der Waals surface area contributed by atoms with Crippen LogP contribution in [0.1, 0.15) is 73.1 Å². The van der Waals surface area contributed by atoms with E-state index in [9.17, 15) is 5.11 Å². The highest BCUT2D eigenvalue weighted by molar-refractivity contribution is 4.65. The average molecular weight is 200 g/mol. The molecule has 0 aromatic heterocycles. The van der Waals surface area contributed by atoms with Crippen LogP contribution < -0.4 is 0 Å². The van der Waals surface area contributed by atoms with Crippen molar-refractivity contribution in [3.05, 3.63) is 0 Å². The zero-order chi connectivity index (χ0) is 11.2. The maximum absolute atomic E-state index is 9.50. The molecule has 0 fully saturated rings. The van der Waals surface area contributed by atoms with Gasteiger partial charge in [-0.2, -0.15) is 0 Å². The van der Waals surface area contributed by atoms with Crippen LogP contribution in [-0.4, -0.2) is 10.7 Å². The third-order valence-corrected chi connectivity index (χ3v) is 2.47. The Morgan fingerprint density at radius 2 is 1.14 bits per heavy atom. The first-order valence-electron chi connectivity index (χ1n) is 5.93. The van der Waals surface area contributed by atoms with Crippen LogP contribution in [0.15, 0.2) is 0 Å². The van der Waals surface area contributed by atoms with E-state index in [2.05, 4.69) is 20.8 Å². The van der Waals surface area contributed by atoms with E-state index in [1.165, 1.54) is 25.7 Å². The van der Waals surface area contributed by atoms with E-state index in [4.69, 9.17) is 0 Å². The Hall–Kier alpha value is -0.0400. The molecule has 0 spiro atoms. The number of rotatable bonds is 6. The molecule has 0 heterocycles. The Morgan fingerprint density at radius 3 is 1.50 bits per heavy atom. The van der Waals surface area contributed by atoms with Crippen molar-refractivity contribution in [1.29, 1.82) is 0 Å². The van der Waals surface area contributed by atoms with E-state index in [1.54, 1.807) is 0 Å². The molecule has 1 nitrogen and oxygen atoms in total. The standard InChI is InChI=1S/C13H28O/c1-12(2,3)10-8-6-7-9-11-13(4,5)14/h14H,6-11H2,1-5H3. The lowest BCUT2D eigenvalue weighted by Gasteiger charge is -2.18. The largest absolute Gasteiger partial charge is 0.390 e. The quantitative estimate of drug-likeness (QED) is 0.639. The third kappa shape index (κ3) is 12.0. The van der Waals surface area contributed by atoms with Crippen molar-refractivity contribution in [2.45, 2.75) is 78.7 Å². The number of hydrogen-bond donors (Lipinski definition) is 1. The van der Waals surface area contributed by atoms with Crippen molar-refractivity contribution >= 4 is 0 Å². The van der Waals surface area contributed by atoms with Crippen LogP contribution >= 0.6 is 0 Å². The molecule has 0 aliphatic carbocycles. The highest BCUT2D eigenvalue weighted by atomic mass is 16.3. The predicted octanol–water partition coefficient (Wildman–Crippen LogP) is 4.14. The maximum atomic E-state index is 9.50. The molecule has 1 heteroatoms. The summed E-state index contributed by atoms with van der Waals surface area (Å²) in [6.07, 6.45) is 7.31. The molecule has 0 aromatic rings. The fourth-order valence-corrected chi connectivity index (χ4v) is 1.57. The van der Waals surface area contributed by atoms with Crippen LogP contribution in [0, 0.1) is 5.41 Å². The molecule has 0 saturated heterocycles. The molecular weight excluding hydrogens is 172 g/mol. The van der Waals surface area contributed by atoms with Gasteiger partial charge in [0.25, 0.3) is 0 Å². The number of hydrogen-bond acceptors (Lipinski definition) is 1. The second-order valence-corrected chi connectivity index (χ2v) is 6.29. The second kappa shape index (κ2) is 5.75. The molecule has 1 N–H and O–H groups in total. The van der Waals surface area contributed by atoms with Crippen LogP contribution in [0.5, 0.6) is 0 Å². The molecule has 14 heavy (non-hydrogen) atoms. The van der Waals surface area contributed by atoms with Crippen molar-refractivity contribution in [2.75, 3.05) is 0 Å². The minimum absolute atomic E-state index is 0.468. The van der Waals surface area contributed by atoms with Gasteiger partial charge in [-0.1, -0.05) is 46.5 Å². The lowest BCUT2D eigenvalue weighted by molar-refractivity contribution is 0.0679. The lowest BCUT2D eigenvalue weighted by Crippen LogP contribution is -2.17. The van der Waals surface area contributed by atoms with Gasteiger partial charge in [0.15, 0.2) is 0 Å². The van der Waals surface area contributed by atoms with Crippen molar-refractivity contribution in [3.63, 3.8) is 0 Å². The Morgan fingerprint density at radius 1 is 0.714 bits per heavy atom. The zero-order valence-corrected chi connectivity index (χ0v) is 10.7. The molecule has 0 rings (SSSR count). The summed E-state index contributed by atoms with van der Waals surface area (Å²) in [4.78, 5) is 0. The molecule has 0 amide bonds. The van der Waals surface area contributed by atoms with Crippen LogP contribution in [-0.2, 0) is 0 Å². The van der Waals surface area contributed by atoms with Gasteiger partial charge >= 0.3 is 0 Å². The Kier molecular flexibility index (Phi) is 5.73. The molecule has 0 aliphatic rings. The highest BCUT2D eigenvalue weighted by Gasteiger charge is 2.12. The van der Waals surface area contributed by atoms with Gasteiger partial charge in [0, 0.05) is 0 Å². The van der Waals surface area contributed by atoms with Gasteiger partial charge in [-0.25, -0.2) is 0 Å². The molecule has 0 bridgehead atoms. The van der Waals surface area contributed by atoms with E-state index >= 15 is 0 Å². The minimum atomic E-state index is -0.468. The SMILES string of the molecule is CC(C)(C)CCCCCCC(C)(C)O. The van der Waals surface area contributed by atoms with E-state index in [1.807, 2.05) is 13.8 Å². The fraction of sp³-hybridized carbons (Fsp3) is 1.00. The van der Waals surface area contributed by atoms with Gasteiger partial charge in [-0.3, -0.25) is 0 Å². The lowest BCUT2D eigenvalue weighted by atomic mass is 9.89. The number of unbranched alkanes of at least 4 members (excludes halogenated alkanes) is 3. The van der Waals surface area contributed by atoms with Gasteiger partial charge in [-0.15, -0.1) is 0 Å². The molecule has 0 radical (unpaired) electrons. The summed E-state index contributed by atoms with van der Waals surface area (Å²) in [5.41, 5.74) is 0.0142.